The molecule has 4 nitrogen and oxygen atoms in total. The number of amides is 1. The summed E-state index contributed by atoms with van der Waals surface area (Å²) in [4.78, 5) is 11.3. The number of nitrogens with two attached hydrogens (primary N) is 1. The van der Waals surface area contributed by atoms with Crippen LogP contribution in [0.2, 0.25) is 0 Å². The lowest BCUT2D eigenvalue weighted by Crippen LogP contribution is -2.34. The second kappa shape index (κ2) is 4.79. The zero-order valence-electron chi connectivity index (χ0n) is 9.28. The quantitative estimate of drug-likeness (QED) is 0.455. The lowest BCUT2D eigenvalue weighted by Gasteiger charge is -2.11. The Hall–Kier alpha value is -1.55. The Kier molecular flexibility index (Phi) is 3.68. The third kappa shape index (κ3) is 2.95. The van der Waals surface area contributed by atoms with Crippen molar-refractivity contribution >= 4 is 5.91 Å². The van der Waals surface area contributed by atoms with Crippen LogP contribution in [0.5, 0.6) is 5.75 Å². The SMILES string of the molecule is COc1ccc(CC(=O)N(C)N)cc1C. The molecule has 0 atom stereocenters. The number of carbonyl (C=O) groups excluding carboxylic acids is 1. The standard InChI is InChI=1S/C11H16N2O2/c1-8-6-9(4-5-10(8)15-3)7-11(14)13(2)12/h4-6H,7,12H2,1-3H3. The highest BCUT2D eigenvalue weighted by molar-refractivity contribution is 5.78. The number of aryl methyl sites for hydroxylation is 1. The van der Waals surface area contributed by atoms with Crippen molar-refractivity contribution in [2.45, 2.75) is 13.3 Å². The smallest absolute Gasteiger partial charge is 0.240 e. The van der Waals surface area contributed by atoms with Crippen molar-refractivity contribution in [1.82, 2.24) is 5.01 Å². The van der Waals surface area contributed by atoms with Crippen LogP contribution in [-0.2, 0) is 11.2 Å². The molecule has 0 radical (unpaired) electrons. The van der Waals surface area contributed by atoms with Crippen molar-refractivity contribution in [3.05, 3.63) is 29.3 Å². The Morgan fingerprint density at radius 3 is 2.67 bits per heavy atom. The average molecular weight is 208 g/mol. The molecule has 0 aliphatic heterocycles. The first-order chi connectivity index (χ1) is 7.04. The van der Waals surface area contributed by atoms with E-state index in [0.29, 0.717) is 6.42 Å². The molecule has 0 aromatic heterocycles. The van der Waals surface area contributed by atoms with E-state index in [1.807, 2.05) is 25.1 Å². The molecule has 0 spiro atoms. The number of hydrazine groups is 1. The lowest BCUT2D eigenvalue weighted by molar-refractivity contribution is -0.129. The van der Waals surface area contributed by atoms with Crippen LogP contribution >= 0.6 is 0 Å². The number of hydrogen-bond acceptors (Lipinski definition) is 3. The van der Waals surface area contributed by atoms with Gasteiger partial charge in [0.1, 0.15) is 5.75 Å². The maximum atomic E-state index is 11.3. The first kappa shape index (κ1) is 11.5. The molecule has 1 rings (SSSR count). The molecule has 0 saturated carbocycles. The predicted octanol–water partition coefficient (Wildman–Crippen LogP) is 0.878. The van der Waals surface area contributed by atoms with Gasteiger partial charge in [0.2, 0.25) is 5.91 Å². The average Bonchev–Trinajstić information content (AvgIpc) is 2.18. The van der Waals surface area contributed by atoms with Gasteiger partial charge in [0.05, 0.1) is 13.5 Å². The Labute approximate surface area is 89.6 Å². The van der Waals surface area contributed by atoms with Crippen molar-refractivity contribution < 1.29 is 9.53 Å². The van der Waals surface area contributed by atoms with Crippen LogP contribution in [0.1, 0.15) is 11.1 Å². The van der Waals surface area contributed by atoms with Crippen LogP contribution in [0.25, 0.3) is 0 Å². The molecule has 0 bridgehead atoms. The van der Waals surface area contributed by atoms with Crippen LogP contribution in [0.3, 0.4) is 0 Å². The summed E-state index contributed by atoms with van der Waals surface area (Å²) >= 11 is 0. The predicted molar refractivity (Wildman–Crippen MR) is 58.4 cm³/mol. The minimum Gasteiger partial charge on any atom is -0.496 e. The molecule has 4 heteroatoms. The molecule has 0 aliphatic rings. The minimum absolute atomic E-state index is 0.112. The summed E-state index contributed by atoms with van der Waals surface area (Å²) in [6, 6.07) is 5.65. The molecule has 1 amide bonds. The fourth-order valence-electron chi connectivity index (χ4n) is 1.35. The van der Waals surface area contributed by atoms with E-state index in [4.69, 9.17) is 10.6 Å². The zero-order chi connectivity index (χ0) is 11.4. The van der Waals surface area contributed by atoms with E-state index in [2.05, 4.69) is 0 Å². The normalized spacial score (nSPS) is 9.87. The van der Waals surface area contributed by atoms with Gasteiger partial charge in [-0.25, -0.2) is 5.84 Å². The number of benzene rings is 1. The van der Waals surface area contributed by atoms with Crippen molar-refractivity contribution in [3.8, 4) is 5.75 Å². The first-order valence-corrected chi connectivity index (χ1v) is 4.69. The summed E-state index contributed by atoms with van der Waals surface area (Å²) in [6.45, 7) is 1.94. The summed E-state index contributed by atoms with van der Waals surface area (Å²) in [6.07, 6.45) is 0.317. The van der Waals surface area contributed by atoms with E-state index in [9.17, 15) is 4.79 Å². The molecule has 1 aromatic rings. The van der Waals surface area contributed by atoms with Crippen LogP contribution in [0.4, 0.5) is 0 Å². The van der Waals surface area contributed by atoms with E-state index < -0.39 is 0 Å². The maximum absolute atomic E-state index is 11.3. The number of nitrogens with zero attached hydrogens (tertiary/aromatic N) is 1. The summed E-state index contributed by atoms with van der Waals surface area (Å²) in [5.41, 5.74) is 1.96. The van der Waals surface area contributed by atoms with Gasteiger partial charge in [-0.1, -0.05) is 12.1 Å². The minimum atomic E-state index is -0.112. The molecule has 2 N–H and O–H groups in total. The Bertz CT molecular complexity index is 362. The molecule has 82 valence electrons. The number of ether oxygens (including phenoxy) is 1. The Morgan fingerprint density at radius 2 is 2.20 bits per heavy atom. The van der Waals surface area contributed by atoms with E-state index in [-0.39, 0.29) is 5.91 Å². The highest BCUT2D eigenvalue weighted by Crippen LogP contribution is 2.18. The molecule has 0 unspecified atom stereocenters. The zero-order valence-corrected chi connectivity index (χ0v) is 9.28. The largest absolute Gasteiger partial charge is 0.496 e. The van der Waals surface area contributed by atoms with Crippen molar-refractivity contribution in [2.75, 3.05) is 14.2 Å². The van der Waals surface area contributed by atoms with Crippen LogP contribution < -0.4 is 10.6 Å². The van der Waals surface area contributed by atoms with Gasteiger partial charge in [-0.3, -0.25) is 9.80 Å². The molecule has 0 fully saturated rings. The molecule has 0 aliphatic carbocycles. The number of hydrogen-bond donors (Lipinski definition) is 1. The van der Waals surface area contributed by atoms with Gasteiger partial charge in [-0.05, 0) is 24.1 Å². The van der Waals surface area contributed by atoms with E-state index in [0.717, 1.165) is 21.9 Å². The molecule has 0 saturated heterocycles. The number of carbonyl (C=O) groups is 1. The third-order valence-corrected chi connectivity index (χ3v) is 2.21. The van der Waals surface area contributed by atoms with E-state index in [1.165, 1.54) is 0 Å². The third-order valence-electron chi connectivity index (χ3n) is 2.21. The monoisotopic (exact) mass is 208 g/mol. The molecular formula is C11H16N2O2. The van der Waals surface area contributed by atoms with Crippen molar-refractivity contribution in [3.63, 3.8) is 0 Å². The number of rotatable bonds is 3. The summed E-state index contributed by atoms with van der Waals surface area (Å²) < 4.78 is 5.13. The summed E-state index contributed by atoms with van der Waals surface area (Å²) in [5.74, 6) is 6.05. The van der Waals surface area contributed by atoms with Gasteiger partial charge in [-0.2, -0.15) is 0 Å². The topological polar surface area (TPSA) is 55.6 Å². The van der Waals surface area contributed by atoms with Crippen molar-refractivity contribution in [2.24, 2.45) is 5.84 Å². The molecule has 0 heterocycles. The van der Waals surface area contributed by atoms with Gasteiger partial charge in [0, 0.05) is 7.05 Å². The van der Waals surface area contributed by atoms with Gasteiger partial charge in [0.25, 0.3) is 0 Å². The van der Waals surface area contributed by atoms with Gasteiger partial charge < -0.3 is 4.74 Å². The molecule has 1 aromatic carbocycles. The van der Waals surface area contributed by atoms with E-state index >= 15 is 0 Å². The highest BCUT2D eigenvalue weighted by atomic mass is 16.5. The Morgan fingerprint density at radius 1 is 1.53 bits per heavy atom. The van der Waals surface area contributed by atoms with Gasteiger partial charge >= 0.3 is 0 Å². The number of likely N-dealkylation sites (N-methyl/N-ethyl adjacent to an activating group) is 1. The Balaban J connectivity index is 2.80. The lowest BCUT2D eigenvalue weighted by atomic mass is 10.1. The van der Waals surface area contributed by atoms with E-state index in [1.54, 1.807) is 14.2 Å². The van der Waals surface area contributed by atoms with Gasteiger partial charge in [0.15, 0.2) is 0 Å². The van der Waals surface area contributed by atoms with Crippen LogP contribution in [0.15, 0.2) is 18.2 Å². The maximum Gasteiger partial charge on any atom is 0.240 e. The first-order valence-electron chi connectivity index (χ1n) is 4.69. The van der Waals surface area contributed by atoms with Crippen LogP contribution in [0, 0.1) is 6.92 Å². The summed E-state index contributed by atoms with van der Waals surface area (Å²) in [7, 11) is 3.17. The van der Waals surface area contributed by atoms with Crippen LogP contribution in [-0.4, -0.2) is 25.1 Å². The van der Waals surface area contributed by atoms with Gasteiger partial charge in [-0.15, -0.1) is 0 Å². The number of methoxy groups -OCH3 is 1. The molecule has 15 heavy (non-hydrogen) atoms. The highest BCUT2D eigenvalue weighted by Gasteiger charge is 2.07. The fraction of sp³-hybridized carbons (Fsp3) is 0.364. The second-order valence-electron chi connectivity index (χ2n) is 3.49. The van der Waals surface area contributed by atoms with Crippen molar-refractivity contribution in [1.29, 1.82) is 0 Å². The second-order valence-corrected chi connectivity index (χ2v) is 3.49. The fourth-order valence-corrected chi connectivity index (χ4v) is 1.35. The summed E-state index contributed by atoms with van der Waals surface area (Å²) in [5, 5.41) is 1.10. The molecular weight excluding hydrogens is 192 g/mol.